The van der Waals surface area contributed by atoms with Crippen molar-refractivity contribution in [3.8, 4) is 11.1 Å². The van der Waals surface area contributed by atoms with Gasteiger partial charge in [0.25, 0.3) is 0 Å². The Bertz CT molecular complexity index is 945. The van der Waals surface area contributed by atoms with E-state index < -0.39 is 5.97 Å². The third-order valence-electron chi connectivity index (χ3n) is 3.86. The standard InChI is InChI=1S/C22H17NO3/c24-21(23-20-9-5-4-8-19(20)22(25)26)15-12-16-10-13-18(14-11-16)17-6-2-1-3-7-17/h1-15H,(H,23,24)(H,25,26). The summed E-state index contributed by atoms with van der Waals surface area (Å²) in [4.78, 5) is 23.2. The fourth-order valence-corrected chi connectivity index (χ4v) is 2.54. The number of benzene rings is 3. The minimum absolute atomic E-state index is 0.0569. The maximum Gasteiger partial charge on any atom is 0.337 e. The van der Waals surface area contributed by atoms with Gasteiger partial charge in [0, 0.05) is 6.08 Å². The van der Waals surface area contributed by atoms with Crippen molar-refractivity contribution in [3.63, 3.8) is 0 Å². The molecule has 0 aromatic heterocycles. The summed E-state index contributed by atoms with van der Waals surface area (Å²) in [5, 5.41) is 11.7. The highest BCUT2D eigenvalue weighted by Crippen LogP contribution is 2.20. The number of carboxylic acid groups (broad SMARTS) is 1. The van der Waals surface area contributed by atoms with Crippen molar-refractivity contribution in [2.75, 3.05) is 5.32 Å². The largest absolute Gasteiger partial charge is 0.478 e. The number of para-hydroxylation sites is 1. The molecule has 2 N–H and O–H groups in total. The third-order valence-corrected chi connectivity index (χ3v) is 3.86. The van der Waals surface area contributed by atoms with Crippen molar-refractivity contribution in [2.24, 2.45) is 0 Å². The van der Waals surface area contributed by atoms with Gasteiger partial charge in [-0.2, -0.15) is 0 Å². The molecule has 4 heteroatoms. The minimum Gasteiger partial charge on any atom is -0.478 e. The number of aromatic carboxylic acids is 1. The molecule has 0 saturated heterocycles. The highest BCUT2D eigenvalue weighted by molar-refractivity contribution is 6.06. The highest BCUT2D eigenvalue weighted by atomic mass is 16.4. The van der Waals surface area contributed by atoms with Crippen molar-refractivity contribution in [2.45, 2.75) is 0 Å². The average molecular weight is 343 g/mol. The zero-order chi connectivity index (χ0) is 18.4. The summed E-state index contributed by atoms with van der Waals surface area (Å²) in [6, 6.07) is 24.2. The third kappa shape index (κ3) is 4.24. The number of carboxylic acids is 1. The van der Waals surface area contributed by atoms with Gasteiger partial charge in [0.15, 0.2) is 0 Å². The molecule has 0 saturated carbocycles. The van der Waals surface area contributed by atoms with Crippen molar-refractivity contribution < 1.29 is 14.7 Å². The van der Waals surface area contributed by atoms with E-state index >= 15 is 0 Å². The molecule has 0 aliphatic heterocycles. The van der Waals surface area contributed by atoms with Crippen LogP contribution in [0.15, 0.2) is 84.9 Å². The summed E-state index contributed by atoms with van der Waals surface area (Å²) in [5.41, 5.74) is 3.44. The van der Waals surface area contributed by atoms with Gasteiger partial charge in [-0.15, -0.1) is 0 Å². The molecule has 0 fully saturated rings. The van der Waals surface area contributed by atoms with Crippen molar-refractivity contribution >= 4 is 23.6 Å². The fourth-order valence-electron chi connectivity index (χ4n) is 2.54. The van der Waals surface area contributed by atoms with E-state index in [1.165, 1.54) is 12.1 Å². The van der Waals surface area contributed by atoms with Crippen LogP contribution >= 0.6 is 0 Å². The Morgan fingerprint density at radius 2 is 1.38 bits per heavy atom. The van der Waals surface area contributed by atoms with Gasteiger partial charge in [0.05, 0.1) is 11.3 Å². The number of rotatable bonds is 5. The number of carbonyl (C=O) groups excluding carboxylic acids is 1. The van der Waals surface area contributed by atoms with Gasteiger partial charge in [-0.25, -0.2) is 4.79 Å². The van der Waals surface area contributed by atoms with E-state index in [-0.39, 0.29) is 17.2 Å². The van der Waals surface area contributed by atoms with Crippen LogP contribution in [-0.4, -0.2) is 17.0 Å². The van der Waals surface area contributed by atoms with Crippen LogP contribution in [-0.2, 0) is 4.79 Å². The Morgan fingerprint density at radius 1 is 0.769 bits per heavy atom. The van der Waals surface area contributed by atoms with Crippen LogP contribution in [0, 0.1) is 0 Å². The molecule has 0 unspecified atom stereocenters. The molecule has 0 spiro atoms. The number of amides is 1. The molecular formula is C22H17NO3. The van der Waals surface area contributed by atoms with Crippen LogP contribution in [0.25, 0.3) is 17.2 Å². The number of hydrogen-bond acceptors (Lipinski definition) is 2. The van der Waals surface area contributed by atoms with E-state index in [2.05, 4.69) is 5.32 Å². The van der Waals surface area contributed by atoms with Crippen LogP contribution in [0.2, 0.25) is 0 Å². The van der Waals surface area contributed by atoms with Gasteiger partial charge in [-0.3, -0.25) is 4.79 Å². The highest BCUT2D eigenvalue weighted by Gasteiger charge is 2.10. The van der Waals surface area contributed by atoms with Gasteiger partial charge in [0.2, 0.25) is 5.91 Å². The number of nitrogens with one attached hydrogen (secondary N) is 1. The monoisotopic (exact) mass is 343 g/mol. The molecule has 4 nitrogen and oxygen atoms in total. The predicted octanol–water partition coefficient (Wildman–Crippen LogP) is 4.70. The molecule has 0 radical (unpaired) electrons. The maximum atomic E-state index is 12.1. The van der Waals surface area contributed by atoms with E-state index in [1.807, 2.05) is 54.6 Å². The van der Waals surface area contributed by atoms with Gasteiger partial charge in [-0.1, -0.05) is 66.7 Å². The van der Waals surface area contributed by atoms with Crippen LogP contribution < -0.4 is 5.32 Å². The number of anilines is 1. The smallest absolute Gasteiger partial charge is 0.337 e. The lowest BCUT2D eigenvalue weighted by molar-refractivity contribution is -0.111. The molecule has 0 aliphatic rings. The Balaban J connectivity index is 1.68. The maximum absolute atomic E-state index is 12.1. The summed E-state index contributed by atoms with van der Waals surface area (Å²) >= 11 is 0. The van der Waals surface area contributed by atoms with E-state index in [0.29, 0.717) is 0 Å². The van der Waals surface area contributed by atoms with Gasteiger partial charge in [0.1, 0.15) is 0 Å². The molecule has 3 aromatic carbocycles. The van der Waals surface area contributed by atoms with Gasteiger partial charge >= 0.3 is 5.97 Å². The van der Waals surface area contributed by atoms with E-state index in [1.54, 1.807) is 24.3 Å². The Labute approximate surface area is 151 Å². The van der Waals surface area contributed by atoms with Crippen molar-refractivity contribution in [1.29, 1.82) is 0 Å². The first-order valence-electron chi connectivity index (χ1n) is 8.10. The van der Waals surface area contributed by atoms with Crippen LogP contribution in [0.5, 0.6) is 0 Å². The molecule has 0 atom stereocenters. The molecule has 1 amide bonds. The van der Waals surface area contributed by atoms with E-state index in [4.69, 9.17) is 5.11 Å². The van der Waals surface area contributed by atoms with E-state index in [9.17, 15) is 9.59 Å². The molecular weight excluding hydrogens is 326 g/mol. The predicted molar refractivity (Wildman–Crippen MR) is 103 cm³/mol. The second kappa shape index (κ2) is 7.94. The molecule has 0 bridgehead atoms. The molecule has 128 valence electrons. The van der Waals surface area contributed by atoms with Crippen molar-refractivity contribution in [3.05, 3.63) is 96.1 Å². The average Bonchev–Trinajstić information content (AvgIpc) is 2.68. The van der Waals surface area contributed by atoms with Gasteiger partial charge in [-0.05, 0) is 34.9 Å². The van der Waals surface area contributed by atoms with Crippen LogP contribution in [0.3, 0.4) is 0 Å². The van der Waals surface area contributed by atoms with Gasteiger partial charge < -0.3 is 10.4 Å². The summed E-state index contributed by atoms with van der Waals surface area (Å²) in [6.45, 7) is 0. The minimum atomic E-state index is -1.08. The summed E-state index contributed by atoms with van der Waals surface area (Å²) in [7, 11) is 0. The Hall–Kier alpha value is -3.66. The zero-order valence-electron chi connectivity index (χ0n) is 13.9. The second-order valence-electron chi connectivity index (χ2n) is 5.66. The zero-order valence-corrected chi connectivity index (χ0v) is 13.9. The first kappa shape index (κ1) is 17.2. The Morgan fingerprint density at radius 3 is 2.08 bits per heavy atom. The molecule has 3 aromatic rings. The number of hydrogen-bond donors (Lipinski definition) is 2. The van der Waals surface area contributed by atoms with E-state index in [0.717, 1.165) is 16.7 Å². The molecule has 0 aliphatic carbocycles. The van der Waals surface area contributed by atoms with Crippen molar-refractivity contribution in [1.82, 2.24) is 0 Å². The first-order chi connectivity index (χ1) is 12.6. The lowest BCUT2D eigenvalue weighted by Gasteiger charge is -2.06. The SMILES string of the molecule is O=C(C=Cc1ccc(-c2ccccc2)cc1)Nc1ccccc1C(=O)O. The normalized spacial score (nSPS) is 10.6. The molecule has 3 rings (SSSR count). The topological polar surface area (TPSA) is 66.4 Å². The van der Waals surface area contributed by atoms with Crippen LogP contribution in [0.4, 0.5) is 5.69 Å². The van der Waals surface area contributed by atoms with Crippen LogP contribution in [0.1, 0.15) is 15.9 Å². The summed E-state index contributed by atoms with van der Waals surface area (Å²) in [6.07, 6.45) is 3.07. The number of carbonyl (C=O) groups is 2. The second-order valence-corrected chi connectivity index (χ2v) is 5.66. The summed E-state index contributed by atoms with van der Waals surface area (Å²) in [5.74, 6) is -1.47. The quantitative estimate of drug-likeness (QED) is 0.660. The fraction of sp³-hybridized carbons (Fsp3) is 0. The first-order valence-corrected chi connectivity index (χ1v) is 8.10. The molecule has 0 heterocycles. The summed E-state index contributed by atoms with van der Waals surface area (Å²) < 4.78 is 0. The molecule has 26 heavy (non-hydrogen) atoms. The lowest BCUT2D eigenvalue weighted by atomic mass is 10.0. The Kier molecular flexibility index (Phi) is 5.25. The lowest BCUT2D eigenvalue weighted by Crippen LogP contribution is -2.11.